The molecule has 0 N–H and O–H groups in total. The number of allylic oxidation sites excluding steroid dienone is 1. The molecule has 2 rings (SSSR count). The molecule has 2 aromatic carbocycles. The van der Waals surface area contributed by atoms with Crippen LogP contribution in [0.15, 0.2) is 46.4 Å². The Morgan fingerprint density at radius 2 is 1.57 bits per heavy atom. The zero-order valence-electron chi connectivity index (χ0n) is 16.2. The minimum Gasteiger partial charge on any atom is -0.497 e. The fraction of sp³-hybridized carbons (Fsp3) is 0.273. The highest BCUT2D eigenvalue weighted by atomic mass is 79.9. The van der Waals surface area contributed by atoms with Crippen molar-refractivity contribution in [2.75, 3.05) is 21.3 Å². The Morgan fingerprint density at radius 1 is 1.00 bits per heavy atom. The molecule has 0 atom stereocenters. The average Bonchev–Trinajstić information content (AvgIpc) is 2.73. The van der Waals surface area contributed by atoms with E-state index in [-0.39, 0.29) is 6.42 Å². The maximum absolute atomic E-state index is 9.88. The summed E-state index contributed by atoms with van der Waals surface area (Å²) in [7, 11) is 4.71. The van der Waals surface area contributed by atoms with Crippen LogP contribution in [0.5, 0.6) is 17.2 Å². The van der Waals surface area contributed by atoms with E-state index in [0.717, 1.165) is 21.3 Å². The predicted molar refractivity (Wildman–Crippen MR) is 111 cm³/mol. The molecule has 0 saturated heterocycles. The summed E-state index contributed by atoms with van der Waals surface area (Å²) in [6, 6.07) is 15.4. The number of hydrogen-bond donors (Lipinski definition) is 0. The molecule has 0 saturated carbocycles. The number of halogens is 1. The molecule has 5 nitrogen and oxygen atoms in total. The van der Waals surface area contributed by atoms with E-state index in [1.165, 1.54) is 0 Å². The first kappa shape index (κ1) is 21.3. The van der Waals surface area contributed by atoms with Gasteiger partial charge < -0.3 is 14.2 Å². The molecule has 0 spiro atoms. The molecule has 0 amide bonds. The van der Waals surface area contributed by atoms with Gasteiger partial charge in [-0.15, -0.1) is 0 Å². The van der Waals surface area contributed by atoms with Crippen LogP contribution in [0.1, 0.15) is 18.1 Å². The third-order valence-corrected chi connectivity index (χ3v) is 5.30. The molecule has 0 aliphatic rings. The number of benzene rings is 2. The summed E-state index contributed by atoms with van der Waals surface area (Å²) in [5.41, 5.74) is 1.01. The average molecular weight is 441 g/mol. The van der Waals surface area contributed by atoms with Gasteiger partial charge in [0.2, 0.25) is 0 Å². The van der Waals surface area contributed by atoms with Gasteiger partial charge in [0.1, 0.15) is 5.75 Å². The minimum absolute atomic E-state index is 0.208. The van der Waals surface area contributed by atoms with E-state index in [4.69, 9.17) is 14.2 Å². The molecule has 28 heavy (non-hydrogen) atoms. The van der Waals surface area contributed by atoms with Crippen LogP contribution >= 0.6 is 15.9 Å². The lowest BCUT2D eigenvalue weighted by Crippen LogP contribution is -2.21. The number of hydrogen-bond acceptors (Lipinski definition) is 5. The molecule has 144 valence electrons. The lowest BCUT2D eigenvalue weighted by Gasteiger charge is -2.21. The topological polar surface area (TPSA) is 75.3 Å². The second-order valence-electron chi connectivity index (χ2n) is 6.20. The maximum atomic E-state index is 9.88. The van der Waals surface area contributed by atoms with Gasteiger partial charge in [-0.05, 0) is 47.9 Å². The lowest BCUT2D eigenvalue weighted by molar-refractivity contribution is 0.354. The van der Waals surface area contributed by atoms with Crippen molar-refractivity contribution in [3.8, 4) is 29.4 Å². The van der Waals surface area contributed by atoms with Gasteiger partial charge in [-0.3, -0.25) is 0 Å². The van der Waals surface area contributed by atoms with E-state index in [2.05, 4.69) is 28.1 Å². The van der Waals surface area contributed by atoms with Crippen LogP contribution in [0.2, 0.25) is 0 Å². The minimum atomic E-state index is -1.32. The van der Waals surface area contributed by atoms with Gasteiger partial charge in [0.05, 0.1) is 33.5 Å². The Hall–Kier alpha value is -2.96. The molecular weight excluding hydrogens is 420 g/mol. The summed E-state index contributed by atoms with van der Waals surface area (Å²) in [4.78, 5) is 0. The summed E-state index contributed by atoms with van der Waals surface area (Å²) in [5, 5.41) is 19.8. The van der Waals surface area contributed by atoms with Gasteiger partial charge in [0.15, 0.2) is 16.9 Å². The summed E-state index contributed by atoms with van der Waals surface area (Å²) in [5.74, 6) is 1.86. The van der Waals surface area contributed by atoms with Crippen molar-refractivity contribution < 1.29 is 14.2 Å². The van der Waals surface area contributed by atoms with Crippen molar-refractivity contribution >= 4 is 22.0 Å². The van der Waals surface area contributed by atoms with Crippen LogP contribution in [0.3, 0.4) is 0 Å². The maximum Gasteiger partial charge on any atom is 0.168 e. The number of ether oxygens (including phenoxy) is 3. The summed E-state index contributed by atoms with van der Waals surface area (Å²) in [6.45, 7) is 1.80. The Morgan fingerprint density at radius 3 is 2.07 bits per heavy atom. The zero-order valence-corrected chi connectivity index (χ0v) is 17.8. The lowest BCUT2D eigenvalue weighted by atomic mass is 9.77. The van der Waals surface area contributed by atoms with E-state index in [0.29, 0.717) is 17.1 Å². The van der Waals surface area contributed by atoms with Crippen LogP contribution in [0.4, 0.5) is 0 Å². The highest BCUT2D eigenvalue weighted by Gasteiger charge is 2.34. The first-order chi connectivity index (χ1) is 13.4. The smallest absolute Gasteiger partial charge is 0.168 e. The molecule has 0 aliphatic carbocycles. The summed E-state index contributed by atoms with van der Waals surface area (Å²) in [6.07, 6.45) is 2.06. The Bertz CT molecular complexity index is 939. The number of nitriles is 2. The molecule has 0 fully saturated rings. The SMILES string of the molecule is COc1ccc(/C=C(\C)C(C#N)(C#N)Cc2cc(OC)c(OC)cc2Br)cc1. The third kappa shape index (κ3) is 4.47. The molecule has 0 aromatic heterocycles. The standard InChI is InChI=1S/C22H21BrN2O3/c1-15(9-16-5-7-18(26-2)8-6-16)22(13-24,14-25)12-17-10-20(27-3)21(28-4)11-19(17)23/h5-11H,12H2,1-4H3/b15-9+. The van der Waals surface area contributed by atoms with Crippen LogP contribution in [0.25, 0.3) is 6.08 Å². The second kappa shape index (κ2) is 9.30. The van der Waals surface area contributed by atoms with Crippen molar-refractivity contribution in [3.63, 3.8) is 0 Å². The Balaban J connectivity index is 2.45. The molecule has 0 heterocycles. The van der Waals surface area contributed by atoms with Gasteiger partial charge in [-0.2, -0.15) is 10.5 Å². The number of methoxy groups -OCH3 is 3. The molecule has 6 heteroatoms. The molecule has 0 radical (unpaired) electrons. The van der Waals surface area contributed by atoms with Crippen molar-refractivity contribution in [1.82, 2.24) is 0 Å². The van der Waals surface area contributed by atoms with E-state index in [1.54, 1.807) is 40.4 Å². The van der Waals surface area contributed by atoms with Gasteiger partial charge in [-0.25, -0.2) is 0 Å². The quantitative estimate of drug-likeness (QED) is 0.594. The molecule has 2 aromatic rings. The fourth-order valence-corrected chi connectivity index (χ4v) is 3.27. The first-order valence-electron chi connectivity index (χ1n) is 8.48. The van der Waals surface area contributed by atoms with E-state index < -0.39 is 5.41 Å². The van der Waals surface area contributed by atoms with Crippen LogP contribution in [-0.2, 0) is 6.42 Å². The second-order valence-corrected chi connectivity index (χ2v) is 7.06. The van der Waals surface area contributed by atoms with Crippen molar-refractivity contribution in [2.24, 2.45) is 5.41 Å². The number of rotatable bonds is 7. The summed E-state index contributed by atoms with van der Waals surface area (Å²) >= 11 is 3.51. The zero-order chi connectivity index (χ0) is 20.7. The van der Waals surface area contributed by atoms with Crippen molar-refractivity contribution in [3.05, 3.63) is 57.6 Å². The van der Waals surface area contributed by atoms with Gasteiger partial charge in [0, 0.05) is 10.9 Å². The monoisotopic (exact) mass is 440 g/mol. The van der Waals surface area contributed by atoms with Crippen LogP contribution in [0, 0.1) is 28.1 Å². The fourth-order valence-electron chi connectivity index (χ4n) is 2.81. The van der Waals surface area contributed by atoms with E-state index >= 15 is 0 Å². The van der Waals surface area contributed by atoms with Crippen LogP contribution < -0.4 is 14.2 Å². The van der Waals surface area contributed by atoms with E-state index in [1.807, 2.05) is 30.3 Å². The first-order valence-corrected chi connectivity index (χ1v) is 9.28. The molecule has 0 unspecified atom stereocenters. The third-order valence-electron chi connectivity index (χ3n) is 4.56. The number of nitrogens with zero attached hydrogens (tertiary/aromatic N) is 2. The van der Waals surface area contributed by atoms with Crippen molar-refractivity contribution in [2.45, 2.75) is 13.3 Å². The highest BCUT2D eigenvalue weighted by Crippen LogP contribution is 2.39. The van der Waals surface area contributed by atoms with Crippen molar-refractivity contribution in [1.29, 1.82) is 10.5 Å². The molecular formula is C22H21BrN2O3. The molecule has 0 bridgehead atoms. The largest absolute Gasteiger partial charge is 0.497 e. The Kier molecular flexibility index (Phi) is 7.09. The predicted octanol–water partition coefficient (Wildman–Crippen LogP) is 5.15. The Labute approximate surface area is 173 Å². The van der Waals surface area contributed by atoms with E-state index in [9.17, 15) is 10.5 Å². The summed E-state index contributed by atoms with van der Waals surface area (Å²) < 4.78 is 16.6. The van der Waals surface area contributed by atoms with Gasteiger partial charge >= 0.3 is 0 Å². The van der Waals surface area contributed by atoms with Crippen LogP contribution in [-0.4, -0.2) is 21.3 Å². The van der Waals surface area contributed by atoms with Gasteiger partial charge in [0.25, 0.3) is 0 Å². The highest BCUT2D eigenvalue weighted by molar-refractivity contribution is 9.10. The molecule has 0 aliphatic heterocycles. The van der Waals surface area contributed by atoms with Gasteiger partial charge in [-0.1, -0.05) is 34.1 Å². The normalized spacial score (nSPS) is 11.3.